The molecule has 1 heterocycles. The Bertz CT molecular complexity index is 799. The molecule has 1 aromatic carbocycles. The number of halogens is 2. The number of hydrogen-bond acceptors (Lipinski definition) is 5. The molecule has 0 radical (unpaired) electrons. The average molecular weight is 471 g/mol. The first kappa shape index (κ1) is 23.5. The molecule has 2 unspecified atom stereocenters. The average Bonchev–Trinajstić information content (AvgIpc) is 2.91. The number of benzene rings is 1. The molecule has 1 aromatic rings. The van der Waals surface area contributed by atoms with Crippen molar-refractivity contribution in [3.63, 3.8) is 0 Å². The van der Waals surface area contributed by atoms with E-state index in [1.54, 1.807) is 12.1 Å². The SMILES string of the molecule is CC(CC(=O)OCC1(CO)C/C(=C/c2ccc(F)c(Br)c2)C(=O)O1)CC(C)(C)C. The van der Waals surface area contributed by atoms with Crippen molar-refractivity contribution in [3.8, 4) is 0 Å². The van der Waals surface area contributed by atoms with Gasteiger partial charge >= 0.3 is 11.9 Å². The second-order valence-electron chi connectivity index (χ2n) is 8.99. The molecule has 0 aliphatic carbocycles. The number of carbonyl (C=O) groups excluding carboxylic acids is 2. The molecule has 0 spiro atoms. The van der Waals surface area contributed by atoms with Gasteiger partial charge in [-0.25, -0.2) is 9.18 Å². The highest BCUT2D eigenvalue weighted by Gasteiger charge is 2.44. The summed E-state index contributed by atoms with van der Waals surface area (Å²) in [4.78, 5) is 24.4. The maximum absolute atomic E-state index is 13.4. The van der Waals surface area contributed by atoms with Crippen LogP contribution in [0.5, 0.6) is 0 Å². The van der Waals surface area contributed by atoms with E-state index in [2.05, 4.69) is 36.7 Å². The molecule has 0 bridgehead atoms. The zero-order valence-electron chi connectivity index (χ0n) is 17.3. The Morgan fingerprint density at radius 2 is 2.14 bits per heavy atom. The van der Waals surface area contributed by atoms with Gasteiger partial charge in [-0.2, -0.15) is 0 Å². The summed E-state index contributed by atoms with van der Waals surface area (Å²) in [6.07, 6.45) is 2.82. The molecule has 5 nitrogen and oxygen atoms in total. The summed E-state index contributed by atoms with van der Waals surface area (Å²) in [6.45, 7) is 7.66. The van der Waals surface area contributed by atoms with Crippen LogP contribution in [0.15, 0.2) is 28.2 Å². The first-order valence-corrected chi connectivity index (χ1v) is 10.4. The van der Waals surface area contributed by atoms with Crippen LogP contribution in [0.4, 0.5) is 4.39 Å². The van der Waals surface area contributed by atoms with E-state index >= 15 is 0 Å². The minimum atomic E-state index is -1.29. The van der Waals surface area contributed by atoms with Crippen LogP contribution in [0.2, 0.25) is 0 Å². The van der Waals surface area contributed by atoms with E-state index in [0.717, 1.165) is 6.42 Å². The Morgan fingerprint density at radius 3 is 2.72 bits per heavy atom. The first-order valence-electron chi connectivity index (χ1n) is 9.58. The highest BCUT2D eigenvalue weighted by atomic mass is 79.9. The largest absolute Gasteiger partial charge is 0.461 e. The summed E-state index contributed by atoms with van der Waals surface area (Å²) in [5, 5.41) is 9.79. The summed E-state index contributed by atoms with van der Waals surface area (Å²) in [5.74, 6) is -1.22. The Morgan fingerprint density at radius 1 is 1.45 bits per heavy atom. The highest BCUT2D eigenvalue weighted by molar-refractivity contribution is 9.10. The number of hydrogen-bond donors (Lipinski definition) is 1. The predicted molar refractivity (Wildman–Crippen MR) is 111 cm³/mol. The normalized spacial score (nSPS) is 21.9. The molecule has 1 saturated heterocycles. The van der Waals surface area contributed by atoms with Gasteiger partial charge < -0.3 is 14.6 Å². The van der Waals surface area contributed by atoms with Crippen molar-refractivity contribution in [2.45, 2.75) is 52.6 Å². The molecule has 1 aliphatic rings. The number of cyclic esters (lactones) is 1. The monoisotopic (exact) mass is 470 g/mol. The van der Waals surface area contributed by atoms with E-state index in [9.17, 15) is 19.1 Å². The molecule has 2 atom stereocenters. The summed E-state index contributed by atoms with van der Waals surface area (Å²) >= 11 is 3.11. The van der Waals surface area contributed by atoms with E-state index in [-0.39, 0.29) is 41.2 Å². The number of ether oxygens (including phenoxy) is 2. The van der Waals surface area contributed by atoms with Gasteiger partial charge in [0.2, 0.25) is 0 Å². The van der Waals surface area contributed by atoms with Gasteiger partial charge in [0.25, 0.3) is 0 Å². The number of rotatable bonds is 7. The molecule has 0 amide bonds. The lowest BCUT2D eigenvalue weighted by Gasteiger charge is -2.25. The van der Waals surface area contributed by atoms with Crippen molar-refractivity contribution in [1.82, 2.24) is 0 Å². The van der Waals surface area contributed by atoms with Crippen molar-refractivity contribution in [2.24, 2.45) is 11.3 Å². The first-order chi connectivity index (χ1) is 13.4. The summed E-state index contributed by atoms with van der Waals surface area (Å²) in [5.41, 5.74) is -0.229. The molecule has 0 saturated carbocycles. The lowest BCUT2D eigenvalue weighted by molar-refractivity contribution is -0.166. The van der Waals surface area contributed by atoms with E-state index < -0.39 is 24.0 Å². The number of aliphatic hydroxyl groups is 1. The van der Waals surface area contributed by atoms with Crippen LogP contribution in [0, 0.1) is 17.2 Å². The van der Waals surface area contributed by atoms with Crippen molar-refractivity contribution >= 4 is 33.9 Å². The van der Waals surface area contributed by atoms with Crippen LogP contribution < -0.4 is 0 Å². The van der Waals surface area contributed by atoms with E-state index in [1.165, 1.54) is 12.1 Å². The van der Waals surface area contributed by atoms with Crippen molar-refractivity contribution in [1.29, 1.82) is 0 Å². The third-order valence-electron chi connectivity index (χ3n) is 4.63. The van der Waals surface area contributed by atoms with Crippen molar-refractivity contribution < 1.29 is 28.6 Å². The third kappa shape index (κ3) is 6.93. The zero-order chi connectivity index (χ0) is 21.8. The molecule has 1 aliphatic heterocycles. The molecule has 7 heteroatoms. The second-order valence-corrected chi connectivity index (χ2v) is 9.84. The molecular formula is C22H28BrFO5. The van der Waals surface area contributed by atoms with Gasteiger partial charge in [0.15, 0.2) is 5.60 Å². The van der Waals surface area contributed by atoms with Crippen LogP contribution in [-0.4, -0.2) is 35.9 Å². The van der Waals surface area contributed by atoms with Crippen molar-refractivity contribution in [3.05, 3.63) is 39.6 Å². The lowest BCUT2D eigenvalue weighted by Crippen LogP contribution is -2.39. The molecule has 0 aromatic heterocycles. The van der Waals surface area contributed by atoms with Crippen LogP contribution in [0.3, 0.4) is 0 Å². The molecule has 2 rings (SSSR count). The summed E-state index contributed by atoms with van der Waals surface area (Å²) in [6, 6.07) is 4.37. The standard InChI is InChI=1S/C22H28BrFO5/c1-14(10-21(2,3)4)7-19(26)28-13-22(12-25)11-16(20(27)29-22)8-15-5-6-18(24)17(23)9-15/h5-6,8-9,14,25H,7,10-13H2,1-4H3/b16-8-. The van der Waals surface area contributed by atoms with Crippen LogP contribution in [0.1, 0.15) is 52.5 Å². The third-order valence-corrected chi connectivity index (χ3v) is 5.24. The van der Waals surface area contributed by atoms with Gasteiger partial charge in [0, 0.05) is 18.4 Å². The Labute approximate surface area is 179 Å². The fraction of sp³-hybridized carbons (Fsp3) is 0.545. The number of aliphatic hydroxyl groups excluding tert-OH is 1. The smallest absolute Gasteiger partial charge is 0.334 e. The molecule has 1 N–H and O–H groups in total. The van der Waals surface area contributed by atoms with E-state index in [1.807, 2.05) is 6.92 Å². The molecule has 160 valence electrons. The number of esters is 2. The van der Waals surface area contributed by atoms with Crippen LogP contribution >= 0.6 is 15.9 Å². The Kier molecular flexibility index (Phi) is 7.62. The van der Waals surface area contributed by atoms with Crippen molar-refractivity contribution in [2.75, 3.05) is 13.2 Å². The van der Waals surface area contributed by atoms with Gasteiger partial charge in [0.1, 0.15) is 12.4 Å². The van der Waals surface area contributed by atoms with E-state index in [0.29, 0.717) is 11.1 Å². The quantitative estimate of drug-likeness (QED) is 0.463. The maximum Gasteiger partial charge on any atom is 0.334 e. The topological polar surface area (TPSA) is 72.8 Å². The van der Waals surface area contributed by atoms with Gasteiger partial charge in [-0.1, -0.05) is 33.8 Å². The minimum Gasteiger partial charge on any atom is -0.461 e. The Hall–Kier alpha value is -1.73. The highest BCUT2D eigenvalue weighted by Crippen LogP contribution is 2.33. The van der Waals surface area contributed by atoms with Crippen LogP contribution in [0.25, 0.3) is 6.08 Å². The summed E-state index contributed by atoms with van der Waals surface area (Å²) in [7, 11) is 0. The fourth-order valence-corrected chi connectivity index (χ4v) is 3.91. The Balaban J connectivity index is 2.01. The van der Waals surface area contributed by atoms with Crippen LogP contribution in [-0.2, 0) is 19.1 Å². The predicted octanol–water partition coefficient (Wildman–Crippen LogP) is 4.66. The minimum absolute atomic E-state index is 0.0994. The van der Waals surface area contributed by atoms with Gasteiger partial charge in [-0.05, 0) is 57.5 Å². The van der Waals surface area contributed by atoms with Gasteiger partial charge in [-0.15, -0.1) is 0 Å². The molecular weight excluding hydrogens is 443 g/mol. The maximum atomic E-state index is 13.4. The summed E-state index contributed by atoms with van der Waals surface area (Å²) < 4.78 is 24.3. The molecule has 29 heavy (non-hydrogen) atoms. The zero-order valence-corrected chi connectivity index (χ0v) is 18.8. The van der Waals surface area contributed by atoms with Gasteiger partial charge in [0.05, 0.1) is 11.1 Å². The second kappa shape index (κ2) is 9.39. The fourth-order valence-electron chi connectivity index (χ4n) is 3.52. The van der Waals surface area contributed by atoms with Gasteiger partial charge in [-0.3, -0.25) is 4.79 Å². The molecule has 1 fully saturated rings. The number of carbonyl (C=O) groups is 2. The lowest BCUT2D eigenvalue weighted by atomic mass is 9.84. The van der Waals surface area contributed by atoms with E-state index in [4.69, 9.17) is 9.47 Å².